The van der Waals surface area contributed by atoms with Crippen LogP contribution in [-0.4, -0.2) is 46.1 Å². The Labute approximate surface area is 122 Å². The second-order valence-corrected chi connectivity index (χ2v) is 5.57. The van der Waals surface area contributed by atoms with Gasteiger partial charge in [0.25, 0.3) is 5.56 Å². The SMILES string of the molecule is Cc1[nH]c(=O)[nH]c(=O)c1CCC(=O)N1C[C@@H](C)O[C@H](C)C1. The number of ether oxygens (including phenoxy) is 1. The molecule has 7 nitrogen and oxygen atoms in total. The number of nitrogens with zero attached hydrogens (tertiary/aromatic N) is 1. The average molecular weight is 295 g/mol. The Hall–Kier alpha value is -1.89. The van der Waals surface area contributed by atoms with Crippen molar-refractivity contribution in [3.63, 3.8) is 0 Å². The van der Waals surface area contributed by atoms with Crippen LogP contribution < -0.4 is 11.2 Å². The fraction of sp³-hybridized carbons (Fsp3) is 0.643. The summed E-state index contributed by atoms with van der Waals surface area (Å²) < 4.78 is 5.59. The Morgan fingerprint density at radius 2 is 1.86 bits per heavy atom. The van der Waals surface area contributed by atoms with Crippen molar-refractivity contribution in [3.05, 3.63) is 32.1 Å². The van der Waals surface area contributed by atoms with Crippen molar-refractivity contribution < 1.29 is 9.53 Å². The quantitative estimate of drug-likeness (QED) is 0.816. The summed E-state index contributed by atoms with van der Waals surface area (Å²) in [6, 6.07) is 0. The van der Waals surface area contributed by atoms with Gasteiger partial charge in [-0.3, -0.25) is 14.6 Å². The summed E-state index contributed by atoms with van der Waals surface area (Å²) in [6.07, 6.45) is 0.610. The zero-order valence-electron chi connectivity index (χ0n) is 12.6. The standard InChI is InChI=1S/C14H21N3O4/c1-8-6-17(7-9(2)21-8)12(18)5-4-11-10(3)15-14(20)16-13(11)19/h8-9H,4-7H2,1-3H3,(H2,15,16,19,20)/t8-,9-/m1/s1. The van der Waals surface area contributed by atoms with Gasteiger partial charge in [0.15, 0.2) is 0 Å². The Morgan fingerprint density at radius 3 is 2.43 bits per heavy atom. The Morgan fingerprint density at radius 1 is 1.24 bits per heavy atom. The van der Waals surface area contributed by atoms with E-state index in [4.69, 9.17) is 4.74 Å². The first-order valence-electron chi connectivity index (χ1n) is 7.12. The van der Waals surface area contributed by atoms with E-state index in [0.717, 1.165) is 0 Å². The minimum Gasteiger partial charge on any atom is -0.372 e. The van der Waals surface area contributed by atoms with Crippen LogP contribution >= 0.6 is 0 Å². The summed E-state index contributed by atoms with van der Waals surface area (Å²) in [4.78, 5) is 41.6. The molecule has 7 heteroatoms. The van der Waals surface area contributed by atoms with Crippen molar-refractivity contribution in [2.45, 2.75) is 45.8 Å². The van der Waals surface area contributed by atoms with Crippen LogP contribution in [0.2, 0.25) is 0 Å². The number of aromatic nitrogens is 2. The fourth-order valence-electron chi connectivity index (χ4n) is 2.70. The van der Waals surface area contributed by atoms with Gasteiger partial charge in [-0.05, 0) is 27.2 Å². The van der Waals surface area contributed by atoms with E-state index < -0.39 is 11.2 Å². The number of hydrogen-bond acceptors (Lipinski definition) is 4. The molecule has 2 atom stereocenters. The van der Waals surface area contributed by atoms with E-state index in [0.29, 0.717) is 30.8 Å². The first-order chi connectivity index (χ1) is 9.86. The van der Waals surface area contributed by atoms with Gasteiger partial charge in [-0.1, -0.05) is 0 Å². The van der Waals surface area contributed by atoms with Gasteiger partial charge in [-0.2, -0.15) is 0 Å². The lowest BCUT2D eigenvalue weighted by atomic mass is 10.1. The maximum Gasteiger partial charge on any atom is 0.325 e. The number of morpholine rings is 1. The highest BCUT2D eigenvalue weighted by Gasteiger charge is 2.25. The number of rotatable bonds is 3. The number of aryl methyl sites for hydroxylation is 1. The molecule has 1 aliphatic heterocycles. The van der Waals surface area contributed by atoms with E-state index in [1.807, 2.05) is 13.8 Å². The fourth-order valence-corrected chi connectivity index (χ4v) is 2.70. The third-order valence-corrected chi connectivity index (χ3v) is 3.62. The number of carbonyl (C=O) groups excluding carboxylic acids is 1. The molecular weight excluding hydrogens is 274 g/mol. The van der Waals surface area contributed by atoms with E-state index in [-0.39, 0.29) is 24.5 Å². The lowest BCUT2D eigenvalue weighted by molar-refractivity contribution is -0.143. The molecule has 1 saturated heterocycles. The van der Waals surface area contributed by atoms with Gasteiger partial charge in [-0.15, -0.1) is 0 Å². The number of H-pyrrole nitrogens is 2. The van der Waals surface area contributed by atoms with Gasteiger partial charge in [0.2, 0.25) is 5.91 Å². The van der Waals surface area contributed by atoms with Gasteiger partial charge in [-0.25, -0.2) is 4.79 Å². The van der Waals surface area contributed by atoms with Crippen molar-refractivity contribution >= 4 is 5.91 Å². The maximum absolute atomic E-state index is 12.2. The van der Waals surface area contributed by atoms with Crippen molar-refractivity contribution in [1.82, 2.24) is 14.9 Å². The normalized spacial score (nSPS) is 22.3. The van der Waals surface area contributed by atoms with Crippen molar-refractivity contribution in [2.24, 2.45) is 0 Å². The Bertz CT molecular complexity index is 624. The smallest absolute Gasteiger partial charge is 0.325 e. The maximum atomic E-state index is 12.2. The molecule has 0 spiro atoms. The molecule has 2 rings (SSSR count). The molecule has 1 aliphatic rings. The molecular formula is C14H21N3O4. The Kier molecular flexibility index (Phi) is 4.62. The van der Waals surface area contributed by atoms with Crippen LogP contribution in [0.5, 0.6) is 0 Å². The molecule has 2 heterocycles. The minimum atomic E-state index is -0.525. The molecule has 0 radical (unpaired) electrons. The third kappa shape index (κ3) is 3.81. The van der Waals surface area contributed by atoms with E-state index in [9.17, 15) is 14.4 Å². The van der Waals surface area contributed by atoms with Crippen LogP contribution in [0.3, 0.4) is 0 Å². The largest absolute Gasteiger partial charge is 0.372 e. The summed E-state index contributed by atoms with van der Waals surface area (Å²) >= 11 is 0. The zero-order chi connectivity index (χ0) is 15.6. The molecule has 1 aromatic rings. The number of amides is 1. The summed E-state index contributed by atoms with van der Waals surface area (Å²) in [6.45, 7) is 6.68. The first-order valence-corrected chi connectivity index (χ1v) is 7.12. The van der Waals surface area contributed by atoms with Crippen LogP contribution in [0.4, 0.5) is 0 Å². The summed E-state index contributed by atoms with van der Waals surface area (Å²) in [5, 5.41) is 0. The highest BCUT2D eigenvalue weighted by molar-refractivity contribution is 5.76. The number of nitrogens with one attached hydrogen (secondary N) is 2. The molecule has 0 unspecified atom stereocenters. The highest BCUT2D eigenvalue weighted by atomic mass is 16.5. The topological polar surface area (TPSA) is 95.3 Å². The summed E-state index contributed by atoms with van der Waals surface area (Å²) in [5.41, 5.74) is 0.0220. The van der Waals surface area contributed by atoms with Crippen molar-refractivity contribution in [2.75, 3.05) is 13.1 Å². The van der Waals surface area contributed by atoms with Crippen LogP contribution in [0.1, 0.15) is 31.5 Å². The number of aromatic amines is 2. The molecule has 1 aromatic heterocycles. The molecule has 21 heavy (non-hydrogen) atoms. The predicted molar refractivity (Wildman–Crippen MR) is 77.3 cm³/mol. The molecule has 0 saturated carbocycles. The Balaban J connectivity index is 2.01. The average Bonchev–Trinajstić information content (AvgIpc) is 2.35. The summed E-state index contributed by atoms with van der Waals surface area (Å²) in [5.74, 6) is 0.00185. The van der Waals surface area contributed by atoms with Crippen LogP contribution in [0.25, 0.3) is 0 Å². The molecule has 0 aromatic carbocycles. The second kappa shape index (κ2) is 6.26. The molecule has 1 amide bonds. The molecule has 116 valence electrons. The molecule has 0 aliphatic carbocycles. The lowest BCUT2D eigenvalue weighted by Gasteiger charge is -2.35. The monoisotopic (exact) mass is 295 g/mol. The summed E-state index contributed by atoms with van der Waals surface area (Å²) in [7, 11) is 0. The van der Waals surface area contributed by atoms with E-state index in [2.05, 4.69) is 9.97 Å². The van der Waals surface area contributed by atoms with E-state index >= 15 is 0 Å². The van der Waals surface area contributed by atoms with Gasteiger partial charge in [0.05, 0.1) is 12.2 Å². The highest BCUT2D eigenvalue weighted by Crippen LogP contribution is 2.12. The van der Waals surface area contributed by atoms with Crippen LogP contribution in [0.15, 0.2) is 9.59 Å². The van der Waals surface area contributed by atoms with Gasteiger partial charge < -0.3 is 14.6 Å². The molecule has 2 N–H and O–H groups in total. The van der Waals surface area contributed by atoms with Crippen molar-refractivity contribution in [1.29, 1.82) is 0 Å². The molecule has 1 fully saturated rings. The second-order valence-electron chi connectivity index (χ2n) is 5.57. The lowest BCUT2D eigenvalue weighted by Crippen LogP contribution is -2.48. The minimum absolute atomic E-state index is 0.00185. The van der Waals surface area contributed by atoms with Gasteiger partial charge >= 0.3 is 5.69 Å². The van der Waals surface area contributed by atoms with Gasteiger partial charge in [0.1, 0.15) is 0 Å². The third-order valence-electron chi connectivity index (χ3n) is 3.62. The van der Waals surface area contributed by atoms with E-state index in [1.54, 1.807) is 11.8 Å². The van der Waals surface area contributed by atoms with Crippen LogP contribution in [-0.2, 0) is 16.0 Å². The molecule has 0 bridgehead atoms. The van der Waals surface area contributed by atoms with Crippen LogP contribution in [0, 0.1) is 6.92 Å². The number of carbonyl (C=O) groups is 1. The zero-order valence-corrected chi connectivity index (χ0v) is 12.6. The number of hydrogen-bond donors (Lipinski definition) is 2. The predicted octanol–water partition coefficient (Wildman–Crippen LogP) is -0.0600. The first kappa shape index (κ1) is 15.5. The van der Waals surface area contributed by atoms with Crippen molar-refractivity contribution in [3.8, 4) is 0 Å². The van der Waals surface area contributed by atoms with Gasteiger partial charge in [0, 0.05) is 30.8 Å². The van der Waals surface area contributed by atoms with E-state index in [1.165, 1.54) is 0 Å².